The first-order valence-electron chi connectivity index (χ1n) is 8.67. The Bertz CT molecular complexity index is 1060. The Hall–Kier alpha value is -3.22. The predicted octanol–water partition coefficient (Wildman–Crippen LogP) is 4.44. The number of ether oxygens (including phenoxy) is 1. The molecule has 0 unspecified atom stereocenters. The average molecular weight is 387 g/mol. The molecule has 0 fully saturated rings. The number of aryl methyl sites for hydroxylation is 2. The van der Waals surface area contributed by atoms with Gasteiger partial charge in [-0.1, -0.05) is 0 Å². The van der Waals surface area contributed by atoms with Crippen LogP contribution >= 0.6 is 0 Å². The number of carbonyl (C=O) groups excluding carboxylic acids is 2. The quantitative estimate of drug-likeness (QED) is 0.657. The van der Waals surface area contributed by atoms with E-state index in [0.717, 1.165) is 28.6 Å². The first-order chi connectivity index (χ1) is 13.2. The van der Waals surface area contributed by atoms with E-state index in [2.05, 4.69) is 5.32 Å². The summed E-state index contributed by atoms with van der Waals surface area (Å²) in [6.07, 6.45) is 0.265. The van der Waals surface area contributed by atoms with Crippen molar-refractivity contribution in [3.05, 3.63) is 64.9 Å². The molecule has 0 aliphatic carbocycles. The fourth-order valence-corrected chi connectivity index (χ4v) is 2.75. The monoisotopic (exact) mass is 387 g/mol. The molecule has 0 bridgehead atoms. The summed E-state index contributed by atoms with van der Waals surface area (Å²) in [7, 11) is 0. The van der Waals surface area contributed by atoms with Gasteiger partial charge < -0.3 is 14.5 Å². The van der Waals surface area contributed by atoms with Crippen molar-refractivity contribution in [1.29, 1.82) is 0 Å². The lowest BCUT2D eigenvalue weighted by Crippen LogP contribution is -2.30. The predicted molar refractivity (Wildman–Crippen MR) is 99.9 cm³/mol. The molecule has 146 valence electrons. The topological polar surface area (TPSA) is 68.5 Å². The minimum atomic E-state index is -1.15. The second kappa shape index (κ2) is 7.80. The Kier molecular flexibility index (Phi) is 5.44. The molecule has 0 radical (unpaired) electrons. The summed E-state index contributed by atoms with van der Waals surface area (Å²) in [5.41, 5.74) is 3.27. The van der Waals surface area contributed by atoms with Crippen LogP contribution < -0.4 is 5.32 Å². The lowest BCUT2D eigenvalue weighted by Gasteiger charge is -2.14. The smallest absolute Gasteiger partial charge is 0.311 e. The third-order valence-corrected chi connectivity index (χ3v) is 4.47. The van der Waals surface area contributed by atoms with Crippen LogP contribution in [0.1, 0.15) is 23.6 Å². The first-order valence-corrected chi connectivity index (χ1v) is 8.67. The van der Waals surface area contributed by atoms with Gasteiger partial charge in [0.05, 0.1) is 18.4 Å². The first kappa shape index (κ1) is 19.5. The lowest BCUT2D eigenvalue weighted by atomic mass is 10.0. The number of furan rings is 1. The minimum Gasteiger partial charge on any atom is -0.464 e. The summed E-state index contributed by atoms with van der Waals surface area (Å²) < 4.78 is 37.2. The normalized spacial score (nSPS) is 12.0. The van der Waals surface area contributed by atoms with E-state index in [0.29, 0.717) is 17.2 Å². The van der Waals surface area contributed by atoms with Gasteiger partial charge in [-0.25, -0.2) is 8.78 Å². The fourth-order valence-electron chi connectivity index (χ4n) is 2.75. The highest BCUT2D eigenvalue weighted by molar-refractivity contribution is 5.95. The van der Waals surface area contributed by atoms with Gasteiger partial charge in [-0.05, 0) is 56.2 Å². The molecule has 1 atom stereocenters. The molecule has 7 heteroatoms. The van der Waals surface area contributed by atoms with Crippen molar-refractivity contribution < 1.29 is 27.5 Å². The Morgan fingerprint density at radius 1 is 1.14 bits per heavy atom. The van der Waals surface area contributed by atoms with Crippen molar-refractivity contribution in [2.45, 2.75) is 33.3 Å². The van der Waals surface area contributed by atoms with Gasteiger partial charge in [-0.2, -0.15) is 0 Å². The van der Waals surface area contributed by atoms with Crippen molar-refractivity contribution in [1.82, 2.24) is 0 Å². The fraction of sp³-hybridized carbons (Fsp3) is 0.238. The van der Waals surface area contributed by atoms with Crippen molar-refractivity contribution in [3.63, 3.8) is 0 Å². The zero-order chi connectivity index (χ0) is 20.4. The van der Waals surface area contributed by atoms with Crippen LogP contribution in [0.3, 0.4) is 0 Å². The van der Waals surface area contributed by atoms with Gasteiger partial charge in [-0.15, -0.1) is 0 Å². The lowest BCUT2D eigenvalue weighted by molar-refractivity contribution is -0.152. The van der Waals surface area contributed by atoms with E-state index in [-0.39, 0.29) is 12.1 Å². The summed E-state index contributed by atoms with van der Waals surface area (Å²) in [4.78, 5) is 24.3. The Balaban J connectivity index is 1.64. The van der Waals surface area contributed by atoms with Crippen molar-refractivity contribution in [3.8, 4) is 0 Å². The van der Waals surface area contributed by atoms with Gasteiger partial charge in [0.25, 0.3) is 5.91 Å². The third kappa shape index (κ3) is 4.19. The second-order valence-corrected chi connectivity index (χ2v) is 6.62. The number of nitrogens with one attached hydrogen (secondary N) is 1. The molecule has 28 heavy (non-hydrogen) atoms. The summed E-state index contributed by atoms with van der Waals surface area (Å²) >= 11 is 0. The molecule has 2 aromatic carbocycles. The van der Waals surface area contributed by atoms with Gasteiger partial charge in [0.1, 0.15) is 17.2 Å². The maximum atomic E-state index is 13.6. The minimum absolute atomic E-state index is 0.0714. The van der Waals surface area contributed by atoms with E-state index in [1.807, 2.05) is 26.0 Å². The van der Waals surface area contributed by atoms with Crippen LogP contribution in [0.25, 0.3) is 11.0 Å². The number of fused-ring (bicyclic) bond motifs is 1. The molecule has 1 N–H and O–H groups in total. The molecule has 0 saturated heterocycles. The Morgan fingerprint density at radius 2 is 1.86 bits per heavy atom. The SMILES string of the molecule is Cc1cc2occ(CC(=O)O[C@H](C)C(=O)Nc3ccc(F)cc3F)c2cc1C. The number of benzene rings is 2. The van der Waals surface area contributed by atoms with E-state index < -0.39 is 29.6 Å². The highest BCUT2D eigenvalue weighted by atomic mass is 19.1. The maximum Gasteiger partial charge on any atom is 0.311 e. The molecule has 0 saturated carbocycles. The van der Waals surface area contributed by atoms with E-state index in [4.69, 9.17) is 9.15 Å². The van der Waals surface area contributed by atoms with E-state index in [1.54, 1.807) is 0 Å². The van der Waals surface area contributed by atoms with Gasteiger partial charge in [0, 0.05) is 17.0 Å². The summed E-state index contributed by atoms with van der Waals surface area (Å²) in [5.74, 6) is -3.01. The molecule has 3 rings (SSSR count). The number of hydrogen-bond acceptors (Lipinski definition) is 4. The van der Waals surface area contributed by atoms with Crippen LogP contribution in [0, 0.1) is 25.5 Å². The number of rotatable bonds is 5. The van der Waals surface area contributed by atoms with Crippen molar-refractivity contribution in [2.75, 3.05) is 5.32 Å². The number of halogens is 2. The van der Waals surface area contributed by atoms with E-state index in [1.165, 1.54) is 13.2 Å². The van der Waals surface area contributed by atoms with Crippen LogP contribution in [-0.2, 0) is 20.7 Å². The number of anilines is 1. The molecule has 5 nitrogen and oxygen atoms in total. The van der Waals surface area contributed by atoms with Crippen LogP contribution in [0.5, 0.6) is 0 Å². The highest BCUT2D eigenvalue weighted by Gasteiger charge is 2.21. The van der Waals surface area contributed by atoms with Gasteiger partial charge in [-0.3, -0.25) is 9.59 Å². The number of esters is 1. The van der Waals surface area contributed by atoms with Gasteiger partial charge in [0.2, 0.25) is 0 Å². The molecule has 1 aromatic heterocycles. The Labute approximate surface area is 160 Å². The van der Waals surface area contributed by atoms with Crippen LogP contribution in [0.15, 0.2) is 41.0 Å². The highest BCUT2D eigenvalue weighted by Crippen LogP contribution is 2.25. The molecule has 0 aliphatic heterocycles. The van der Waals surface area contributed by atoms with Gasteiger partial charge in [0.15, 0.2) is 6.10 Å². The van der Waals surface area contributed by atoms with Crippen molar-refractivity contribution in [2.24, 2.45) is 0 Å². The van der Waals surface area contributed by atoms with E-state index >= 15 is 0 Å². The third-order valence-electron chi connectivity index (χ3n) is 4.47. The second-order valence-electron chi connectivity index (χ2n) is 6.62. The van der Waals surface area contributed by atoms with Crippen LogP contribution in [-0.4, -0.2) is 18.0 Å². The zero-order valence-electron chi connectivity index (χ0n) is 15.6. The maximum absolute atomic E-state index is 13.6. The Morgan fingerprint density at radius 3 is 2.57 bits per heavy atom. The van der Waals surface area contributed by atoms with Crippen LogP contribution in [0.2, 0.25) is 0 Å². The number of amides is 1. The molecule has 1 heterocycles. The molecule has 0 aliphatic rings. The molecule has 0 spiro atoms. The standard InChI is InChI=1S/C21H19F2NO4/c1-11-6-16-14(10-27-19(16)7-12(11)2)8-20(25)28-13(3)21(26)24-18-5-4-15(22)9-17(18)23/h4-7,9-10,13H,8H2,1-3H3,(H,24,26)/t13-/m1/s1. The zero-order valence-corrected chi connectivity index (χ0v) is 15.6. The summed E-state index contributed by atoms with van der Waals surface area (Å²) in [6.45, 7) is 5.30. The molecule has 3 aromatic rings. The van der Waals surface area contributed by atoms with Gasteiger partial charge >= 0.3 is 5.97 Å². The molecular formula is C21H19F2NO4. The number of carbonyl (C=O) groups is 2. The number of hydrogen-bond donors (Lipinski definition) is 1. The molecule has 1 amide bonds. The van der Waals surface area contributed by atoms with E-state index in [9.17, 15) is 18.4 Å². The molecular weight excluding hydrogens is 368 g/mol. The summed E-state index contributed by atoms with van der Waals surface area (Å²) in [5, 5.41) is 3.08. The van der Waals surface area contributed by atoms with Crippen molar-refractivity contribution >= 4 is 28.5 Å². The largest absolute Gasteiger partial charge is 0.464 e. The average Bonchev–Trinajstić information content (AvgIpc) is 2.99. The summed E-state index contributed by atoms with van der Waals surface area (Å²) in [6, 6.07) is 6.60. The van der Waals surface area contributed by atoms with Crippen LogP contribution in [0.4, 0.5) is 14.5 Å².